The molecule has 6 heteroatoms. The van der Waals surface area contributed by atoms with Crippen molar-refractivity contribution in [2.75, 3.05) is 0 Å². The van der Waals surface area contributed by atoms with E-state index >= 15 is 0 Å². The summed E-state index contributed by atoms with van der Waals surface area (Å²) in [6.07, 6.45) is 7.49. The lowest BCUT2D eigenvalue weighted by atomic mass is 9.79. The summed E-state index contributed by atoms with van der Waals surface area (Å²) in [6.45, 7) is 0. The SMILES string of the molecule is OC(c1ccccc1)C(c1cccnc1)(c1ccccn1)n1ccnn1. The van der Waals surface area contributed by atoms with Crippen LogP contribution in [0.5, 0.6) is 0 Å². The highest BCUT2D eigenvalue weighted by molar-refractivity contribution is 5.39. The van der Waals surface area contributed by atoms with Gasteiger partial charge in [-0.25, -0.2) is 4.68 Å². The minimum atomic E-state index is -1.10. The molecule has 0 saturated heterocycles. The molecule has 4 rings (SSSR count). The highest BCUT2D eigenvalue weighted by Crippen LogP contribution is 2.42. The van der Waals surface area contributed by atoms with Crippen molar-refractivity contribution in [3.63, 3.8) is 0 Å². The largest absolute Gasteiger partial charge is 0.385 e. The second-order valence-corrected chi connectivity index (χ2v) is 5.88. The van der Waals surface area contributed by atoms with Crippen molar-refractivity contribution in [2.45, 2.75) is 11.6 Å². The zero-order chi connectivity index (χ0) is 17.8. The van der Waals surface area contributed by atoms with Crippen molar-refractivity contribution in [1.82, 2.24) is 25.0 Å². The molecule has 0 bridgehead atoms. The fourth-order valence-electron chi connectivity index (χ4n) is 3.27. The van der Waals surface area contributed by atoms with Crippen LogP contribution in [0.3, 0.4) is 0 Å². The number of pyridine rings is 2. The van der Waals surface area contributed by atoms with Crippen LogP contribution in [0.15, 0.2) is 91.6 Å². The summed E-state index contributed by atoms with van der Waals surface area (Å²) < 4.78 is 1.64. The Morgan fingerprint density at radius 2 is 1.73 bits per heavy atom. The van der Waals surface area contributed by atoms with Gasteiger partial charge in [-0.15, -0.1) is 5.10 Å². The van der Waals surface area contributed by atoms with Gasteiger partial charge >= 0.3 is 0 Å². The highest BCUT2D eigenvalue weighted by atomic mass is 16.3. The number of aliphatic hydroxyl groups excluding tert-OH is 1. The zero-order valence-corrected chi connectivity index (χ0v) is 13.9. The van der Waals surface area contributed by atoms with Crippen molar-refractivity contribution in [3.8, 4) is 0 Å². The zero-order valence-electron chi connectivity index (χ0n) is 13.9. The maximum atomic E-state index is 11.6. The lowest BCUT2D eigenvalue weighted by molar-refractivity contribution is 0.0726. The molecule has 128 valence electrons. The Balaban J connectivity index is 2.05. The summed E-state index contributed by atoms with van der Waals surface area (Å²) in [5.74, 6) is 0. The standard InChI is InChI=1S/C20H17N5O/c26-19(16-7-2-1-3-8-16)20(25-14-13-23-24-25,17-9-6-11-21-15-17)18-10-4-5-12-22-18/h1-15,19,26H. The maximum absolute atomic E-state index is 11.6. The molecule has 0 amide bonds. The molecule has 1 N–H and O–H groups in total. The first kappa shape index (κ1) is 16.1. The molecule has 4 aromatic rings. The van der Waals surface area contributed by atoms with Crippen LogP contribution in [-0.4, -0.2) is 30.1 Å². The average Bonchev–Trinajstić information content (AvgIpc) is 3.26. The van der Waals surface area contributed by atoms with E-state index in [2.05, 4.69) is 20.3 Å². The van der Waals surface area contributed by atoms with Gasteiger partial charge in [-0.05, 0) is 23.8 Å². The lowest BCUT2D eigenvalue weighted by Gasteiger charge is -2.38. The normalized spacial score (nSPS) is 14.5. The monoisotopic (exact) mass is 343 g/mol. The predicted molar refractivity (Wildman–Crippen MR) is 96.1 cm³/mol. The molecule has 1 aromatic carbocycles. The topological polar surface area (TPSA) is 76.7 Å². The third-order valence-corrected chi connectivity index (χ3v) is 4.45. The number of aromatic nitrogens is 5. The molecule has 2 unspecified atom stereocenters. The van der Waals surface area contributed by atoms with E-state index in [9.17, 15) is 5.11 Å². The van der Waals surface area contributed by atoms with E-state index in [-0.39, 0.29) is 0 Å². The van der Waals surface area contributed by atoms with Gasteiger partial charge in [-0.3, -0.25) is 9.97 Å². The first-order valence-corrected chi connectivity index (χ1v) is 8.25. The molecule has 2 atom stereocenters. The van der Waals surface area contributed by atoms with Gasteiger partial charge in [0.25, 0.3) is 0 Å². The van der Waals surface area contributed by atoms with Crippen LogP contribution in [0.25, 0.3) is 0 Å². The second-order valence-electron chi connectivity index (χ2n) is 5.88. The van der Waals surface area contributed by atoms with Gasteiger partial charge in [0.1, 0.15) is 6.10 Å². The Kier molecular flexibility index (Phi) is 4.25. The molecule has 0 aliphatic heterocycles. The van der Waals surface area contributed by atoms with Crippen LogP contribution >= 0.6 is 0 Å². The van der Waals surface area contributed by atoms with E-state index in [4.69, 9.17) is 0 Å². The Labute approximate surface area is 150 Å². The van der Waals surface area contributed by atoms with Crippen molar-refractivity contribution < 1.29 is 5.11 Å². The summed E-state index contributed by atoms with van der Waals surface area (Å²) >= 11 is 0. The lowest BCUT2D eigenvalue weighted by Crippen LogP contribution is -2.43. The van der Waals surface area contributed by atoms with Gasteiger partial charge in [-0.1, -0.05) is 47.7 Å². The molecular formula is C20H17N5O. The first-order chi connectivity index (χ1) is 12.8. The molecule has 0 spiro atoms. The number of hydrogen-bond acceptors (Lipinski definition) is 5. The predicted octanol–water partition coefficient (Wildman–Crippen LogP) is 2.59. The summed E-state index contributed by atoms with van der Waals surface area (Å²) in [5.41, 5.74) is 1.06. The second kappa shape index (κ2) is 6.85. The highest BCUT2D eigenvalue weighted by Gasteiger charge is 2.46. The molecule has 3 aromatic heterocycles. The molecule has 3 heterocycles. The minimum Gasteiger partial charge on any atom is -0.385 e. The van der Waals surface area contributed by atoms with E-state index in [1.54, 1.807) is 35.7 Å². The molecule has 6 nitrogen and oxygen atoms in total. The van der Waals surface area contributed by atoms with E-state index in [0.29, 0.717) is 5.69 Å². The average molecular weight is 343 g/mol. The van der Waals surface area contributed by atoms with Gasteiger partial charge in [0, 0.05) is 30.4 Å². The number of benzene rings is 1. The van der Waals surface area contributed by atoms with Crippen LogP contribution in [0.4, 0.5) is 0 Å². The molecule has 0 saturated carbocycles. The van der Waals surface area contributed by atoms with Gasteiger partial charge in [-0.2, -0.15) is 0 Å². The van der Waals surface area contributed by atoms with Crippen LogP contribution in [-0.2, 0) is 5.54 Å². The maximum Gasteiger partial charge on any atom is 0.162 e. The quantitative estimate of drug-likeness (QED) is 0.603. The van der Waals surface area contributed by atoms with Crippen LogP contribution in [0, 0.1) is 0 Å². The third kappa shape index (κ3) is 2.57. The van der Waals surface area contributed by atoms with E-state index in [1.807, 2.05) is 60.7 Å². The molecule has 0 aliphatic carbocycles. The van der Waals surface area contributed by atoms with Gasteiger partial charge < -0.3 is 5.11 Å². The minimum absolute atomic E-state index is 0.648. The molecule has 0 radical (unpaired) electrons. The summed E-state index contributed by atoms with van der Waals surface area (Å²) in [5, 5.41) is 19.7. The van der Waals surface area contributed by atoms with E-state index in [1.165, 1.54) is 0 Å². The van der Waals surface area contributed by atoms with Crippen molar-refractivity contribution in [3.05, 3.63) is 108 Å². The third-order valence-electron chi connectivity index (χ3n) is 4.45. The van der Waals surface area contributed by atoms with Crippen molar-refractivity contribution in [2.24, 2.45) is 0 Å². The fourth-order valence-corrected chi connectivity index (χ4v) is 3.27. The molecule has 0 aliphatic rings. The van der Waals surface area contributed by atoms with Crippen molar-refractivity contribution in [1.29, 1.82) is 0 Å². The van der Waals surface area contributed by atoms with Crippen molar-refractivity contribution >= 4 is 0 Å². The van der Waals surface area contributed by atoms with Gasteiger partial charge in [0.2, 0.25) is 0 Å². The smallest absolute Gasteiger partial charge is 0.162 e. The van der Waals surface area contributed by atoms with E-state index < -0.39 is 11.6 Å². The summed E-state index contributed by atoms with van der Waals surface area (Å²) in [4.78, 5) is 8.82. The number of aliphatic hydroxyl groups is 1. The number of hydrogen-bond donors (Lipinski definition) is 1. The van der Waals surface area contributed by atoms with Gasteiger partial charge in [0.05, 0.1) is 11.9 Å². The van der Waals surface area contributed by atoms with Crippen LogP contribution in [0.2, 0.25) is 0 Å². The fraction of sp³-hybridized carbons (Fsp3) is 0.100. The Hall–Kier alpha value is -3.38. The van der Waals surface area contributed by atoms with Crippen LogP contribution < -0.4 is 0 Å². The molecular weight excluding hydrogens is 326 g/mol. The molecule has 0 fully saturated rings. The first-order valence-electron chi connectivity index (χ1n) is 8.25. The Morgan fingerprint density at radius 1 is 0.885 bits per heavy atom. The van der Waals surface area contributed by atoms with Gasteiger partial charge in [0.15, 0.2) is 5.54 Å². The summed E-state index contributed by atoms with van der Waals surface area (Å²) in [6, 6.07) is 18.8. The summed E-state index contributed by atoms with van der Waals surface area (Å²) in [7, 11) is 0. The Bertz CT molecular complexity index is 904. The Morgan fingerprint density at radius 3 is 2.38 bits per heavy atom. The van der Waals surface area contributed by atoms with Crippen LogP contribution in [0.1, 0.15) is 22.9 Å². The number of rotatable bonds is 5. The number of nitrogens with zero attached hydrogens (tertiary/aromatic N) is 5. The van der Waals surface area contributed by atoms with E-state index in [0.717, 1.165) is 11.1 Å². The molecule has 26 heavy (non-hydrogen) atoms.